The fraction of sp³-hybridized carbons (Fsp3) is 0.917. The molecule has 92 valence electrons. The molecule has 3 nitrogen and oxygen atoms in total. The van der Waals surface area contributed by atoms with Crippen LogP contribution >= 0.6 is 11.8 Å². The number of hydrogen-bond donors (Lipinski definition) is 2. The Balaban J connectivity index is 1.59. The molecule has 16 heavy (non-hydrogen) atoms. The first kappa shape index (κ1) is 12.2. The molecular formula is C12H22N2OS. The minimum absolute atomic E-state index is 0.0438. The molecule has 1 aliphatic heterocycles. The first-order valence-electron chi connectivity index (χ1n) is 6.45. The van der Waals surface area contributed by atoms with Crippen LogP contribution in [0, 0.1) is 5.92 Å². The molecule has 0 aromatic rings. The molecule has 1 atom stereocenters. The highest BCUT2D eigenvalue weighted by molar-refractivity contribution is 7.99. The Morgan fingerprint density at radius 1 is 1.38 bits per heavy atom. The van der Waals surface area contributed by atoms with E-state index in [4.69, 9.17) is 0 Å². The Hall–Kier alpha value is -0.220. The summed E-state index contributed by atoms with van der Waals surface area (Å²) in [4.78, 5) is 11.8. The average molecular weight is 242 g/mol. The third kappa shape index (κ3) is 3.67. The van der Waals surface area contributed by atoms with Crippen LogP contribution in [-0.4, -0.2) is 36.5 Å². The lowest BCUT2D eigenvalue weighted by molar-refractivity contribution is -0.122. The van der Waals surface area contributed by atoms with Gasteiger partial charge in [0.1, 0.15) is 0 Å². The second kappa shape index (κ2) is 6.50. The van der Waals surface area contributed by atoms with Crippen LogP contribution in [0.2, 0.25) is 0 Å². The van der Waals surface area contributed by atoms with Crippen molar-refractivity contribution in [1.29, 1.82) is 0 Å². The Morgan fingerprint density at radius 2 is 2.19 bits per heavy atom. The zero-order valence-corrected chi connectivity index (χ0v) is 10.7. The molecule has 2 aliphatic rings. The summed E-state index contributed by atoms with van der Waals surface area (Å²) in [6, 6.07) is 0.0438. The van der Waals surface area contributed by atoms with Crippen LogP contribution in [0.4, 0.5) is 0 Å². The van der Waals surface area contributed by atoms with Gasteiger partial charge in [0, 0.05) is 24.6 Å². The molecule has 0 aromatic heterocycles. The molecule has 1 aliphatic carbocycles. The minimum Gasteiger partial charge on any atom is -0.355 e. The molecule has 1 saturated carbocycles. The highest BCUT2D eigenvalue weighted by Gasteiger charge is 2.21. The first-order valence-corrected chi connectivity index (χ1v) is 7.60. The number of hydrogen-bond acceptors (Lipinski definition) is 3. The largest absolute Gasteiger partial charge is 0.355 e. The van der Waals surface area contributed by atoms with Gasteiger partial charge in [-0.25, -0.2) is 0 Å². The van der Waals surface area contributed by atoms with Crippen LogP contribution in [0.5, 0.6) is 0 Å². The molecule has 0 bridgehead atoms. The fourth-order valence-corrected chi connectivity index (χ4v) is 3.49. The Bertz CT molecular complexity index is 223. The predicted molar refractivity (Wildman–Crippen MR) is 68.7 cm³/mol. The maximum absolute atomic E-state index is 11.8. The van der Waals surface area contributed by atoms with Crippen molar-refractivity contribution in [2.24, 2.45) is 5.92 Å². The molecule has 1 heterocycles. The van der Waals surface area contributed by atoms with E-state index in [-0.39, 0.29) is 11.9 Å². The zero-order chi connectivity index (χ0) is 11.2. The summed E-state index contributed by atoms with van der Waals surface area (Å²) < 4.78 is 0. The van der Waals surface area contributed by atoms with Crippen molar-refractivity contribution in [1.82, 2.24) is 10.6 Å². The van der Waals surface area contributed by atoms with E-state index in [2.05, 4.69) is 10.6 Å². The quantitative estimate of drug-likeness (QED) is 0.783. The molecule has 4 heteroatoms. The van der Waals surface area contributed by atoms with Crippen molar-refractivity contribution in [2.75, 3.05) is 24.6 Å². The van der Waals surface area contributed by atoms with E-state index >= 15 is 0 Å². The third-order valence-electron chi connectivity index (χ3n) is 3.56. The van der Waals surface area contributed by atoms with Gasteiger partial charge in [-0.2, -0.15) is 11.8 Å². The van der Waals surface area contributed by atoms with E-state index in [9.17, 15) is 4.79 Å². The van der Waals surface area contributed by atoms with Gasteiger partial charge in [-0.1, -0.05) is 25.7 Å². The minimum atomic E-state index is 0.0438. The van der Waals surface area contributed by atoms with Gasteiger partial charge < -0.3 is 10.6 Å². The molecule has 1 amide bonds. The summed E-state index contributed by atoms with van der Waals surface area (Å²) in [6.45, 7) is 1.83. The summed E-state index contributed by atoms with van der Waals surface area (Å²) in [7, 11) is 0. The molecule has 0 radical (unpaired) electrons. The van der Waals surface area contributed by atoms with Crippen LogP contribution in [-0.2, 0) is 4.79 Å². The second-order valence-electron chi connectivity index (χ2n) is 4.81. The summed E-state index contributed by atoms with van der Waals surface area (Å²) >= 11 is 1.87. The van der Waals surface area contributed by atoms with Gasteiger partial charge in [0.05, 0.1) is 6.04 Å². The lowest BCUT2D eigenvalue weighted by Gasteiger charge is -2.22. The molecule has 2 N–H and O–H groups in total. The van der Waals surface area contributed by atoms with Crippen molar-refractivity contribution >= 4 is 17.7 Å². The molecule has 1 saturated heterocycles. The molecule has 1 unspecified atom stereocenters. The smallest absolute Gasteiger partial charge is 0.237 e. The summed E-state index contributed by atoms with van der Waals surface area (Å²) in [5.74, 6) is 3.13. The molecule has 2 fully saturated rings. The highest BCUT2D eigenvalue weighted by Crippen LogP contribution is 2.26. The first-order chi connectivity index (χ1) is 7.86. The molecule has 0 spiro atoms. The Morgan fingerprint density at radius 3 is 2.88 bits per heavy atom. The van der Waals surface area contributed by atoms with E-state index in [1.807, 2.05) is 11.8 Å². The van der Waals surface area contributed by atoms with E-state index < -0.39 is 0 Å². The van der Waals surface area contributed by atoms with Crippen LogP contribution in [0.25, 0.3) is 0 Å². The summed E-state index contributed by atoms with van der Waals surface area (Å²) in [6.07, 6.45) is 6.69. The fourth-order valence-electron chi connectivity index (χ4n) is 2.56. The maximum Gasteiger partial charge on any atom is 0.237 e. The van der Waals surface area contributed by atoms with E-state index in [1.165, 1.54) is 32.1 Å². The number of carbonyl (C=O) groups is 1. The molecular weight excluding hydrogens is 220 g/mol. The molecule has 2 rings (SSSR count). The van der Waals surface area contributed by atoms with Crippen molar-refractivity contribution in [3.05, 3.63) is 0 Å². The summed E-state index contributed by atoms with van der Waals surface area (Å²) in [5.41, 5.74) is 0. The van der Waals surface area contributed by atoms with Gasteiger partial charge in [-0.3, -0.25) is 4.79 Å². The second-order valence-corrected chi connectivity index (χ2v) is 5.96. The topological polar surface area (TPSA) is 41.1 Å². The van der Waals surface area contributed by atoms with Gasteiger partial charge in [0.15, 0.2) is 0 Å². The number of nitrogens with one attached hydrogen (secondary N) is 2. The van der Waals surface area contributed by atoms with Crippen molar-refractivity contribution in [3.8, 4) is 0 Å². The van der Waals surface area contributed by atoms with Gasteiger partial charge in [-0.05, 0) is 12.3 Å². The van der Waals surface area contributed by atoms with E-state index in [0.717, 1.165) is 30.5 Å². The summed E-state index contributed by atoms with van der Waals surface area (Å²) in [5, 5.41) is 6.33. The van der Waals surface area contributed by atoms with Crippen LogP contribution in [0.15, 0.2) is 0 Å². The van der Waals surface area contributed by atoms with Gasteiger partial charge in [-0.15, -0.1) is 0 Å². The van der Waals surface area contributed by atoms with Gasteiger partial charge in [0.25, 0.3) is 0 Å². The lowest BCUT2D eigenvalue weighted by Crippen LogP contribution is -2.49. The van der Waals surface area contributed by atoms with Crippen LogP contribution < -0.4 is 10.6 Å². The lowest BCUT2D eigenvalue weighted by atomic mass is 10.0. The van der Waals surface area contributed by atoms with Crippen molar-refractivity contribution in [3.63, 3.8) is 0 Å². The number of carbonyl (C=O) groups excluding carboxylic acids is 1. The van der Waals surface area contributed by atoms with Crippen LogP contribution in [0.3, 0.4) is 0 Å². The van der Waals surface area contributed by atoms with Gasteiger partial charge >= 0.3 is 0 Å². The number of amides is 1. The van der Waals surface area contributed by atoms with E-state index in [1.54, 1.807) is 0 Å². The Kier molecular flexibility index (Phi) is 4.97. The van der Waals surface area contributed by atoms with Crippen molar-refractivity contribution in [2.45, 2.75) is 38.1 Å². The van der Waals surface area contributed by atoms with Crippen LogP contribution in [0.1, 0.15) is 32.1 Å². The Labute approximate surface area is 102 Å². The third-order valence-corrected chi connectivity index (χ3v) is 4.63. The zero-order valence-electron chi connectivity index (χ0n) is 9.84. The monoisotopic (exact) mass is 242 g/mol. The van der Waals surface area contributed by atoms with Gasteiger partial charge in [0.2, 0.25) is 5.91 Å². The average Bonchev–Trinajstić information content (AvgIpc) is 2.83. The number of thioether (sulfide) groups is 1. The SMILES string of the molecule is O=C(NCCC1CCCC1)C1CSCCN1. The van der Waals surface area contributed by atoms with E-state index in [0.29, 0.717) is 0 Å². The van der Waals surface area contributed by atoms with Crippen molar-refractivity contribution < 1.29 is 4.79 Å². The molecule has 0 aromatic carbocycles. The predicted octanol–water partition coefficient (Wildman–Crippen LogP) is 1.39. The standard InChI is InChI=1S/C12H22N2OS/c15-12(11-9-16-8-7-13-11)14-6-5-10-3-1-2-4-10/h10-11,13H,1-9H2,(H,14,15). The highest BCUT2D eigenvalue weighted by atomic mass is 32.2. The maximum atomic E-state index is 11.8. The normalized spacial score (nSPS) is 26.9. The number of rotatable bonds is 4.